The molecule has 164 valence electrons. The Bertz CT molecular complexity index is 1070. The van der Waals surface area contributed by atoms with Gasteiger partial charge in [-0.1, -0.05) is 66.2 Å². The molecule has 5 nitrogen and oxygen atoms in total. The lowest BCUT2D eigenvalue weighted by molar-refractivity contribution is -0.113. The second-order valence-electron chi connectivity index (χ2n) is 6.99. The van der Waals surface area contributed by atoms with E-state index in [9.17, 15) is 4.79 Å². The molecule has 1 amide bonds. The number of carbonyl (C=O) groups is 1. The van der Waals surface area contributed by atoms with E-state index in [0.29, 0.717) is 15.8 Å². The second-order valence-corrected chi connectivity index (χ2v) is 9.76. The van der Waals surface area contributed by atoms with Gasteiger partial charge in [0.05, 0.1) is 11.5 Å². The van der Waals surface area contributed by atoms with Crippen molar-refractivity contribution in [1.29, 1.82) is 0 Å². The molecule has 0 bridgehead atoms. The Morgan fingerprint density at radius 2 is 1.94 bits per heavy atom. The molecule has 3 aromatic rings. The Balaban J connectivity index is 1.53. The highest BCUT2D eigenvalue weighted by atomic mass is 35.5. The molecule has 0 spiro atoms. The molecule has 0 aliphatic heterocycles. The summed E-state index contributed by atoms with van der Waals surface area (Å²) in [6.07, 6.45) is 0.871. The molecule has 9 heteroatoms. The highest BCUT2D eigenvalue weighted by Gasteiger charge is 2.14. The fourth-order valence-corrected chi connectivity index (χ4v) is 5.29. The van der Waals surface area contributed by atoms with Crippen molar-refractivity contribution >= 4 is 58.3 Å². The van der Waals surface area contributed by atoms with Crippen molar-refractivity contribution in [3.05, 3.63) is 69.0 Å². The number of anilines is 1. The van der Waals surface area contributed by atoms with Gasteiger partial charge in [-0.3, -0.25) is 4.79 Å². The van der Waals surface area contributed by atoms with Crippen LogP contribution in [0.15, 0.2) is 41.6 Å². The van der Waals surface area contributed by atoms with Gasteiger partial charge in [-0.25, -0.2) is 0 Å². The van der Waals surface area contributed by atoms with E-state index >= 15 is 0 Å². The van der Waals surface area contributed by atoms with Crippen molar-refractivity contribution in [3.8, 4) is 0 Å². The average molecular weight is 496 g/mol. The third-order valence-electron chi connectivity index (χ3n) is 4.77. The second kappa shape index (κ2) is 11.3. The normalized spacial score (nSPS) is 11.0. The van der Waals surface area contributed by atoms with Crippen LogP contribution >= 0.6 is 46.7 Å². The maximum absolute atomic E-state index is 12.5. The van der Waals surface area contributed by atoms with Crippen molar-refractivity contribution in [2.75, 3.05) is 11.1 Å². The third kappa shape index (κ3) is 6.42. The molecule has 3 rings (SSSR count). The van der Waals surface area contributed by atoms with Crippen molar-refractivity contribution in [2.24, 2.45) is 7.05 Å². The summed E-state index contributed by atoms with van der Waals surface area (Å²) < 4.78 is 1.93. The zero-order valence-electron chi connectivity index (χ0n) is 17.6. The first kappa shape index (κ1) is 24.0. The number of rotatable bonds is 9. The van der Waals surface area contributed by atoms with Crippen LogP contribution in [-0.2, 0) is 29.8 Å². The van der Waals surface area contributed by atoms with Crippen molar-refractivity contribution < 1.29 is 4.79 Å². The molecule has 0 saturated carbocycles. The molecule has 0 saturated heterocycles. The SMILES string of the molecule is CCc1cccc(C)c1NC(=O)CSc1nnc(CSCc2ccc(Cl)cc2Cl)n1C. The molecule has 1 aromatic heterocycles. The monoisotopic (exact) mass is 494 g/mol. The molecule has 1 heterocycles. The van der Waals surface area contributed by atoms with Crippen molar-refractivity contribution in [3.63, 3.8) is 0 Å². The van der Waals surface area contributed by atoms with Gasteiger partial charge >= 0.3 is 0 Å². The Labute approximate surface area is 201 Å². The first-order valence-electron chi connectivity index (χ1n) is 9.80. The molecule has 31 heavy (non-hydrogen) atoms. The number of aromatic nitrogens is 3. The van der Waals surface area contributed by atoms with Gasteiger partial charge in [0.2, 0.25) is 5.91 Å². The van der Waals surface area contributed by atoms with Crippen LogP contribution in [0.25, 0.3) is 0 Å². The number of hydrogen-bond donors (Lipinski definition) is 1. The van der Waals surface area contributed by atoms with E-state index in [1.165, 1.54) is 11.8 Å². The predicted octanol–water partition coefficient (Wildman–Crippen LogP) is 6.16. The number of halogens is 2. The van der Waals surface area contributed by atoms with Crippen LogP contribution in [0.2, 0.25) is 10.0 Å². The summed E-state index contributed by atoms with van der Waals surface area (Å²) in [6, 6.07) is 11.6. The summed E-state index contributed by atoms with van der Waals surface area (Å²) >= 11 is 15.3. The first-order valence-corrected chi connectivity index (χ1v) is 12.7. The number of nitrogens with one attached hydrogen (secondary N) is 1. The highest BCUT2D eigenvalue weighted by Crippen LogP contribution is 2.27. The van der Waals surface area contributed by atoms with Crippen LogP contribution in [0.3, 0.4) is 0 Å². The molecule has 0 aliphatic rings. The lowest BCUT2D eigenvalue weighted by Gasteiger charge is -2.12. The number of para-hydroxylation sites is 1. The maximum atomic E-state index is 12.5. The average Bonchev–Trinajstić information content (AvgIpc) is 3.09. The van der Waals surface area contributed by atoms with E-state index in [4.69, 9.17) is 23.2 Å². The number of nitrogens with zero attached hydrogens (tertiary/aromatic N) is 3. The van der Waals surface area contributed by atoms with Gasteiger partial charge in [0.25, 0.3) is 0 Å². The van der Waals surface area contributed by atoms with E-state index in [0.717, 1.165) is 45.5 Å². The smallest absolute Gasteiger partial charge is 0.234 e. The molecule has 2 aromatic carbocycles. The molecule has 0 radical (unpaired) electrons. The zero-order chi connectivity index (χ0) is 22.4. The number of amides is 1. The van der Waals surface area contributed by atoms with Crippen molar-refractivity contribution in [1.82, 2.24) is 14.8 Å². The molecule has 0 fully saturated rings. The number of aryl methyl sites for hydroxylation is 2. The van der Waals surface area contributed by atoms with Crippen LogP contribution in [0.4, 0.5) is 5.69 Å². The van der Waals surface area contributed by atoms with Crippen LogP contribution < -0.4 is 5.32 Å². The van der Waals surface area contributed by atoms with Crippen molar-refractivity contribution in [2.45, 2.75) is 36.9 Å². The Hall–Kier alpha value is -1.67. The van der Waals surface area contributed by atoms with Gasteiger partial charge in [-0.05, 0) is 42.2 Å². The lowest BCUT2D eigenvalue weighted by Crippen LogP contribution is -2.16. The van der Waals surface area contributed by atoms with Crippen LogP contribution in [0, 0.1) is 6.92 Å². The standard InChI is InChI=1S/C22H24Cl2N4OS2/c1-4-15-7-5-6-14(2)21(15)25-20(29)13-31-22-27-26-19(28(22)3)12-30-11-16-8-9-17(23)10-18(16)24/h5-10H,4,11-13H2,1-3H3,(H,25,29). The fourth-order valence-electron chi connectivity index (χ4n) is 3.00. The molecule has 0 unspecified atom stereocenters. The predicted molar refractivity (Wildman–Crippen MR) is 132 cm³/mol. The molecule has 0 aliphatic carbocycles. The summed E-state index contributed by atoms with van der Waals surface area (Å²) in [4.78, 5) is 12.5. The summed E-state index contributed by atoms with van der Waals surface area (Å²) in [5.74, 6) is 2.52. The van der Waals surface area contributed by atoms with Gasteiger partial charge in [0, 0.05) is 28.5 Å². The maximum Gasteiger partial charge on any atom is 0.234 e. The highest BCUT2D eigenvalue weighted by molar-refractivity contribution is 7.99. The fraction of sp³-hybridized carbons (Fsp3) is 0.318. The van der Waals surface area contributed by atoms with Crippen LogP contribution in [0.5, 0.6) is 0 Å². The van der Waals surface area contributed by atoms with E-state index in [-0.39, 0.29) is 11.7 Å². The minimum Gasteiger partial charge on any atom is -0.325 e. The number of carbonyl (C=O) groups excluding carboxylic acids is 1. The number of thioether (sulfide) groups is 2. The topological polar surface area (TPSA) is 59.8 Å². The van der Waals surface area contributed by atoms with Gasteiger partial charge in [0.15, 0.2) is 5.16 Å². The number of benzene rings is 2. The van der Waals surface area contributed by atoms with Crippen LogP contribution in [0.1, 0.15) is 29.4 Å². The first-order chi connectivity index (χ1) is 14.9. The Kier molecular flexibility index (Phi) is 8.72. The minimum absolute atomic E-state index is 0.0506. The Morgan fingerprint density at radius 3 is 2.68 bits per heavy atom. The van der Waals surface area contributed by atoms with Gasteiger partial charge in [-0.2, -0.15) is 0 Å². The molecular formula is C22H24Cl2N4OS2. The van der Waals surface area contributed by atoms with Gasteiger partial charge < -0.3 is 9.88 Å². The summed E-state index contributed by atoms with van der Waals surface area (Å²) in [5, 5.41) is 13.6. The quantitative estimate of drug-likeness (QED) is 0.361. The van der Waals surface area contributed by atoms with Crippen LogP contribution in [-0.4, -0.2) is 26.4 Å². The number of hydrogen-bond acceptors (Lipinski definition) is 5. The molecular weight excluding hydrogens is 471 g/mol. The van der Waals surface area contributed by atoms with E-state index in [2.05, 4.69) is 22.4 Å². The zero-order valence-corrected chi connectivity index (χ0v) is 20.8. The van der Waals surface area contributed by atoms with Gasteiger partial charge in [-0.15, -0.1) is 22.0 Å². The van der Waals surface area contributed by atoms with E-state index < -0.39 is 0 Å². The summed E-state index contributed by atoms with van der Waals surface area (Å²) in [5.41, 5.74) is 4.15. The summed E-state index contributed by atoms with van der Waals surface area (Å²) in [7, 11) is 1.92. The summed E-state index contributed by atoms with van der Waals surface area (Å²) in [6.45, 7) is 4.09. The minimum atomic E-state index is -0.0506. The molecule has 0 atom stereocenters. The van der Waals surface area contributed by atoms with E-state index in [1.54, 1.807) is 17.8 Å². The largest absolute Gasteiger partial charge is 0.325 e. The third-order valence-corrected chi connectivity index (χ3v) is 7.35. The van der Waals surface area contributed by atoms with E-state index in [1.807, 2.05) is 48.9 Å². The lowest BCUT2D eigenvalue weighted by atomic mass is 10.1. The molecule has 1 N–H and O–H groups in total. The Morgan fingerprint density at radius 1 is 1.13 bits per heavy atom. The van der Waals surface area contributed by atoms with Gasteiger partial charge in [0.1, 0.15) is 5.82 Å².